The molecule has 1 unspecified atom stereocenters. The Morgan fingerprint density at radius 3 is 2.75 bits per heavy atom. The summed E-state index contributed by atoms with van der Waals surface area (Å²) in [4.78, 5) is 8.81. The lowest BCUT2D eigenvalue weighted by atomic mass is 10.6. The number of ether oxygens (including phenoxy) is 1. The highest BCUT2D eigenvalue weighted by Gasteiger charge is 2.18. The quantitative estimate of drug-likeness (QED) is 0.504. The van der Waals surface area contributed by atoms with Crippen LogP contribution in [-0.4, -0.2) is 13.1 Å². The maximum atomic E-state index is 5.36. The van der Waals surface area contributed by atoms with Gasteiger partial charge < -0.3 is 4.74 Å². The van der Waals surface area contributed by atoms with Gasteiger partial charge in [-0.25, -0.2) is 4.89 Å². The van der Waals surface area contributed by atoms with Crippen LogP contribution in [0.2, 0.25) is 0 Å². The van der Waals surface area contributed by atoms with E-state index in [1.165, 1.54) is 0 Å². The second-order valence-corrected chi connectivity index (χ2v) is 1.76. The fourth-order valence-electron chi connectivity index (χ4n) is 0.350. The molecule has 46 valence electrons. The number of hydrogen-bond donors (Lipinski definition) is 0. The molecule has 0 N–H and O–H groups in total. The van der Waals surface area contributed by atoms with Gasteiger partial charge in [0.15, 0.2) is 6.79 Å². The molecule has 1 rings (SSSR count). The van der Waals surface area contributed by atoms with Crippen LogP contribution in [-0.2, 0) is 14.5 Å². The fourth-order valence-corrected chi connectivity index (χ4v) is 0.449. The molecule has 0 saturated carbocycles. The Kier molecular flexibility index (Phi) is 1.85. The molecular weight excluding hydrogens is 131 g/mol. The summed E-state index contributed by atoms with van der Waals surface area (Å²) < 4.78 is 4.74. The van der Waals surface area contributed by atoms with E-state index in [-0.39, 0.29) is 6.79 Å². The summed E-state index contributed by atoms with van der Waals surface area (Å²) >= 11 is 5.36. The molecule has 0 aromatic carbocycles. The maximum absolute atomic E-state index is 5.36. The van der Waals surface area contributed by atoms with Crippen LogP contribution >= 0.6 is 11.6 Å². The second-order valence-electron chi connectivity index (χ2n) is 1.28. The number of rotatable bonds is 1. The van der Waals surface area contributed by atoms with Crippen LogP contribution in [0, 0.1) is 0 Å². The van der Waals surface area contributed by atoms with Gasteiger partial charge in [-0.3, -0.25) is 0 Å². The topological polar surface area (TPSA) is 27.7 Å². The molecule has 0 amide bonds. The average molecular weight is 137 g/mol. The molecule has 0 aliphatic carbocycles. The zero-order valence-electron chi connectivity index (χ0n) is 4.09. The van der Waals surface area contributed by atoms with E-state index >= 15 is 0 Å². The van der Waals surface area contributed by atoms with E-state index in [2.05, 4.69) is 16.4 Å². The Hall–Kier alpha value is -0.0900. The lowest BCUT2D eigenvalue weighted by molar-refractivity contribution is -0.266. The summed E-state index contributed by atoms with van der Waals surface area (Å²) in [6.07, 6.45) is -0.586. The predicted octanol–water partition coefficient (Wildman–Crippen LogP) is 1.00. The first-order valence-electron chi connectivity index (χ1n) is 2.05. The minimum atomic E-state index is -0.586. The van der Waals surface area contributed by atoms with Gasteiger partial charge >= 0.3 is 0 Å². The van der Waals surface area contributed by atoms with Crippen molar-refractivity contribution < 1.29 is 14.5 Å². The Morgan fingerprint density at radius 2 is 2.50 bits per heavy atom. The van der Waals surface area contributed by atoms with Crippen molar-refractivity contribution in [2.45, 2.75) is 6.29 Å². The van der Waals surface area contributed by atoms with E-state index < -0.39 is 6.29 Å². The highest BCUT2D eigenvalue weighted by molar-refractivity contribution is 6.29. The van der Waals surface area contributed by atoms with E-state index in [1.807, 2.05) is 0 Å². The predicted molar refractivity (Wildman–Crippen MR) is 26.9 cm³/mol. The SMILES string of the molecule is C=C(Cl)C1OCOO1. The highest BCUT2D eigenvalue weighted by Crippen LogP contribution is 2.15. The summed E-state index contributed by atoms with van der Waals surface area (Å²) in [6, 6.07) is 0. The lowest BCUT2D eigenvalue weighted by Crippen LogP contribution is -2.05. The second kappa shape index (κ2) is 2.46. The van der Waals surface area contributed by atoms with Crippen LogP contribution in [0.5, 0.6) is 0 Å². The molecule has 0 bridgehead atoms. The minimum absolute atomic E-state index is 0.121. The molecule has 8 heavy (non-hydrogen) atoms. The van der Waals surface area contributed by atoms with Gasteiger partial charge in [-0.15, -0.1) is 0 Å². The van der Waals surface area contributed by atoms with Crippen molar-refractivity contribution >= 4 is 11.6 Å². The zero-order chi connectivity index (χ0) is 5.98. The van der Waals surface area contributed by atoms with Gasteiger partial charge in [-0.1, -0.05) is 18.2 Å². The molecule has 0 radical (unpaired) electrons. The Labute approximate surface area is 51.7 Å². The standard InChI is InChI=1S/C4H5ClO3/c1-3(5)4-6-2-7-8-4/h4H,1-2H2. The molecule has 1 aliphatic rings. The molecule has 1 saturated heterocycles. The van der Waals surface area contributed by atoms with E-state index in [0.29, 0.717) is 5.03 Å². The summed E-state index contributed by atoms with van der Waals surface area (Å²) in [5.41, 5.74) is 0. The van der Waals surface area contributed by atoms with Crippen molar-refractivity contribution in [2.75, 3.05) is 6.79 Å². The molecule has 4 heteroatoms. The van der Waals surface area contributed by atoms with Crippen molar-refractivity contribution in [1.29, 1.82) is 0 Å². The third-order valence-electron chi connectivity index (χ3n) is 0.679. The van der Waals surface area contributed by atoms with Crippen molar-refractivity contribution in [3.63, 3.8) is 0 Å². The normalized spacial score (nSPS) is 28.4. The van der Waals surface area contributed by atoms with Crippen molar-refractivity contribution in [3.8, 4) is 0 Å². The van der Waals surface area contributed by atoms with E-state index in [0.717, 1.165) is 0 Å². The van der Waals surface area contributed by atoms with Gasteiger partial charge in [0.25, 0.3) is 0 Å². The third-order valence-corrected chi connectivity index (χ3v) is 0.857. The summed E-state index contributed by atoms with van der Waals surface area (Å²) in [6.45, 7) is 3.49. The van der Waals surface area contributed by atoms with Gasteiger partial charge in [-0.2, -0.15) is 4.89 Å². The average Bonchev–Trinajstić information content (AvgIpc) is 2.12. The molecule has 1 fully saturated rings. The molecule has 0 aromatic heterocycles. The number of hydrogen-bond acceptors (Lipinski definition) is 3. The Bertz CT molecular complexity index is 97.5. The molecular formula is C4H5ClO3. The van der Waals surface area contributed by atoms with E-state index in [9.17, 15) is 0 Å². The highest BCUT2D eigenvalue weighted by atomic mass is 35.5. The number of halogens is 1. The summed E-state index contributed by atoms with van der Waals surface area (Å²) in [5.74, 6) is 0. The fraction of sp³-hybridized carbons (Fsp3) is 0.500. The minimum Gasteiger partial charge on any atom is -0.315 e. The summed E-state index contributed by atoms with van der Waals surface area (Å²) in [7, 11) is 0. The van der Waals surface area contributed by atoms with Crippen LogP contribution in [0.3, 0.4) is 0 Å². The van der Waals surface area contributed by atoms with Crippen LogP contribution in [0.4, 0.5) is 0 Å². The van der Waals surface area contributed by atoms with Gasteiger partial charge in [0.1, 0.15) is 0 Å². The Balaban J connectivity index is 2.35. The van der Waals surface area contributed by atoms with Crippen molar-refractivity contribution in [3.05, 3.63) is 11.6 Å². The monoisotopic (exact) mass is 136 g/mol. The van der Waals surface area contributed by atoms with Gasteiger partial charge in [-0.05, 0) is 0 Å². The van der Waals surface area contributed by atoms with Crippen molar-refractivity contribution in [2.24, 2.45) is 0 Å². The Morgan fingerprint density at radius 1 is 1.75 bits per heavy atom. The maximum Gasteiger partial charge on any atom is 0.229 e. The van der Waals surface area contributed by atoms with E-state index in [1.54, 1.807) is 0 Å². The molecule has 0 spiro atoms. The van der Waals surface area contributed by atoms with Crippen molar-refractivity contribution in [1.82, 2.24) is 0 Å². The first-order valence-corrected chi connectivity index (χ1v) is 2.42. The van der Waals surface area contributed by atoms with Crippen LogP contribution in [0.25, 0.3) is 0 Å². The van der Waals surface area contributed by atoms with Gasteiger partial charge in [0.05, 0.1) is 5.03 Å². The molecule has 1 heterocycles. The lowest BCUT2D eigenvalue weighted by Gasteiger charge is -1.99. The van der Waals surface area contributed by atoms with Gasteiger partial charge in [0.2, 0.25) is 6.29 Å². The molecule has 1 atom stereocenters. The van der Waals surface area contributed by atoms with Crippen LogP contribution in [0.15, 0.2) is 11.6 Å². The molecule has 1 aliphatic heterocycles. The summed E-state index contributed by atoms with van der Waals surface area (Å²) in [5, 5.41) is 0.294. The smallest absolute Gasteiger partial charge is 0.229 e. The third kappa shape index (κ3) is 1.20. The van der Waals surface area contributed by atoms with E-state index in [4.69, 9.17) is 16.3 Å². The first-order chi connectivity index (χ1) is 3.80. The molecule has 0 aromatic rings. The van der Waals surface area contributed by atoms with Gasteiger partial charge in [0, 0.05) is 0 Å². The largest absolute Gasteiger partial charge is 0.315 e. The first kappa shape index (κ1) is 6.04. The molecule has 3 nitrogen and oxygen atoms in total. The zero-order valence-corrected chi connectivity index (χ0v) is 4.85. The van der Waals surface area contributed by atoms with Crippen LogP contribution in [0.1, 0.15) is 0 Å². The van der Waals surface area contributed by atoms with Crippen LogP contribution < -0.4 is 0 Å².